The minimum absolute atomic E-state index is 0.0152. The van der Waals surface area contributed by atoms with E-state index < -0.39 is 0 Å². The second-order valence-electron chi connectivity index (χ2n) is 7.73. The van der Waals surface area contributed by atoms with Crippen LogP contribution in [0, 0.1) is 33.6 Å². The number of hydrogen-bond donors (Lipinski definition) is 1. The first kappa shape index (κ1) is 18.5. The Balaban J connectivity index is 1.46. The fourth-order valence-corrected chi connectivity index (χ4v) is 3.95. The van der Waals surface area contributed by atoms with E-state index >= 15 is 0 Å². The third-order valence-electron chi connectivity index (χ3n) is 5.75. The van der Waals surface area contributed by atoms with Gasteiger partial charge < -0.3 is 14.6 Å². The van der Waals surface area contributed by atoms with Crippen molar-refractivity contribution in [3.8, 4) is 0 Å². The number of rotatable bonds is 3. The third-order valence-corrected chi connectivity index (χ3v) is 5.75. The summed E-state index contributed by atoms with van der Waals surface area (Å²) in [6.45, 7) is 9.66. The summed E-state index contributed by atoms with van der Waals surface area (Å²) < 4.78 is 5.73. The zero-order valence-corrected chi connectivity index (χ0v) is 16.9. The number of carbonyl (C=O) groups excluding carboxylic acids is 1. The average Bonchev–Trinajstić information content (AvgIpc) is 2.98. The van der Waals surface area contributed by atoms with Crippen LogP contribution >= 0.6 is 0 Å². The van der Waals surface area contributed by atoms with Gasteiger partial charge in [-0.25, -0.2) is 9.97 Å². The van der Waals surface area contributed by atoms with Crippen molar-refractivity contribution in [2.75, 3.05) is 23.3 Å². The van der Waals surface area contributed by atoms with Gasteiger partial charge in [0.2, 0.25) is 11.6 Å². The number of aryl methyl sites for hydroxylation is 4. The van der Waals surface area contributed by atoms with E-state index in [2.05, 4.69) is 33.2 Å². The molecule has 1 N–H and O–H groups in total. The SMILES string of the molecule is Cc1ccc(NC(=O)C2CCN(c3ncnc4oc(C)c(C)c34)CC2)c(C)c1. The molecule has 0 bridgehead atoms. The number of aromatic nitrogens is 2. The Labute approximate surface area is 165 Å². The molecule has 1 aliphatic rings. The number of fused-ring (bicyclic) bond motifs is 1. The van der Waals surface area contributed by atoms with Gasteiger partial charge in [0.1, 0.15) is 17.9 Å². The summed E-state index contributed by atoms with van der Waals surface area (Å²) in [5, 5.41) is 4.09. The van der Waals surface area contributed by atoms with E-state index in [9.17, 15) is 4.79 Å². The molecular weight excluding hydrogens is 352 g/mol. The highest BCUT2D eigenvalue weighted by molar-refractivity contribution is 5.94. The maximum Gasteiger partial charge on any atom is 0.231 e. The summed E-state index contributed by atoms with van der Waals surface area (Å²) in [5.74, 6) is 1.91. The molecule has 4 rings (SSSR count). The van der Waals surface area contributed by atoms with E-state index in [-0.39, 0.29) is 11.8 Å². The number of anilines is 2. The topological polar surface area (TPSA) is 71.3 Å². The molecule has 6 nitrogen and oxygen atoms in total. The molecule has 2 aromatic heterocycles. The molecule has 1 fully saturated rings. The number of piperidine rings is 1. The van der Waals surface area contributed by atoms with Crippen molar-refractivity contribution in [3.63, 3.8) is 0 Å². The Kier molecular flexibility index (Phi) is 4.79. The summed E-state index contributed by atoms with van der Waals surface area (Å²) in [5.41, 5.74) is 4.92. The number of benzene rings is 1. The molecule has 1 saturated heterocycles. The lowest BCUT2D eigenvalue weighted by Gasteiger charge is -2.32. The van der Waals surface area contributed by atoms with Crippen molar-refractivity contribution in [2.45, 2.75) is 40.5 Å². The monoisotopic (exact) mass is 378 g/mol. The molecule has 1 aliphatic heterocycles. The smallest absolute Gasteiger partial charge is 0.231 e. The standard InChI is InChI=1S/C22H26N4O2/c1-13-5-6-18(14(2)11-13)25-21(27)17-7-9-26(10-8-17)20-19-15(3)16(4)28-22(19)24-12-23-20/h5-6,11-12,17H,7-10H2,1-4H3,(H,25,27). The zero-order valence-electron chi connectivity index (χ0n) is 16.9. The second-order valence-corrected chi connectivity index (χ2v) is 7.73. The van der Waals surface area contributed by atoms with Crippen molar-refractivity contribution < 1.29 is 9.21 Å². The van der Waals surface area contributed by atoms with Crippen LogP contribution in [-0.4, -0.2) is 29.0 Å². The van der Waals surface area contributed by atoms with Crippen LogP contribution in [0.1, 0.15) is 35.3 Å². The summed E-state index contributed by atoms with van der Waals surface area (Å²) >= 11 is 0. The number of carbonyl (C=O) groups is 1. The quantitative estimate of drug-likeness (QED) is 0.735. The van der Waals surface area contributed by atoms with E-state index in [1.807, 2.05) is 32.9 Å². The van der Waals surface area contributed by atoms with E-state index in [0.717, 1.165) is 59.7 Å². The summed E-state index contributed by atoms with van der Waals surface area (Å²) in [7, 11) is 0. The summed E-state index contributed by atoms with van der Waals surface area (Å²) in [6.07, 6.45) is 3.16. The molecule has 0 saturated carbocycles. The van der Waals surface area contributed by atoms with E-state index in [4.69, 9.17) is 4.42 Å². The molecule has 0 unspecified atom stereocenters. The Morgan fingerprint density at radius 1 is 1.14 bits per heavy atom. The molecule has 28 heavy (non-hydrogen) atoms. The highest BCUT2D eigenvalue weighted by Crippen LogP contribution is 2.32. The normalized spacial score (nSPS) is 15.2. The summed E-state index contributed by atoms with van der Waals surface area (Å²) in [6, 6.07) is 6.11. The average molecular weight is 378 g/mol. The van der Waals surface area contributed by atoms with Crippen LogP contribution in [0.25, 0.3) is 11.1 Å². The van der Waals surface area contributed by atoms with Gasteiger partial charge >= 0.3 is 0 Å². The van der Waals surface area contributed by atoms with Crippen molar-refractivity contribution in [2.24, 2.45) is 5.92 Å². The minimum Gasteiger partial charge on any atom is -0.443 e. The maximum absolute atomic E-state index is 12.7. The van der Waals surface area contributed by atoms with Crippen molar-refractivity contribution in [3.05, 3.63) is 47.0 Å². The van der Waals surface area contributed by atoms with Gasteiger partial charge in [0, 0.05) is 30.3 Å². The first-order chi connectivity index (χ1) is 13.4. The molecule has 0 spiro atoms. The number of nitrogens with one attached hydrogen (secondary N) is 1. The molecule has 0 radical (unpaired) electrons. The first-order valence-corrected chi connectivity index (χ1v) is 9.78. The second kappa shape index (κ2) is 7.26. The molecule has 0 atom stereocenters. The van der Waals surface area contributed by atoms with Crippen LogP contribution < -0.4 is 10.2 Å². The van der Waals surface area contributed by atoms with Gasteiger partial charge in [0.05, 0.1) is 5.39 Å². The van der Waals surface area contributed by atoms with E-state index in [0.29, 0.717) is 5.71 Å². The molecule has 1 aromatic carbocycles. The molecule has 146 valence electrons. The van der Waals surface area contributed by atoms with Crippen LogP contribution in [0.5, 0.6) is 0 Å². The van der Waals surface area contributed by atoms with Gasteiger partial charge in [-0.1, -0.05) is 17.7 Å². The van der Waals surface area contributed by atoms with Gasteiger partial charge in [-0.2, -0.15) is 0 Å². The predicted molar refractivity (Wildman–Crippen MR) is 111 cm³/mol. The Hall–Kier alpha value is -2.89. The largest absolute Gasteiger partial charge is 0.443 e. The molecule has 3 heterocycles. The molecule has 3 aromatic rings. The van der Waals surface area contributed by atoms with Crippen LogP contribution in [0.3, 0.4) is 0 Å². The van der Waals surface area contributed by atoms with E-state index in [1.165, 1.54) is 5.56 Å². The van der Waals surface area contributed by atoms with Crippen LogP contribution in [0.15, 0.2) is 28.9 Å². The Morgan fingerprint density at radius 3 is 2.61 bits per heavy atom. The predicted octanol–water partition coefficient (Wildman–Crippen LogP) is 4.31. The van der Waals surface area contributed by atoms with Gasteiger partial charge in [0.15, 0.2) is 0 Å². The Bertz CT molecular complexity index is 1030. The highest BCUT2D eigenvalue weighted by atomic mass is 16.3. The van der Waals surface area contributed by atoms with Gasteiger partial charge in [0.25, 0.3) is 0 Å². The number of nitrogens with zero attached hydrogens (tertiary/aromatic N) is 3. The lowest BCUT2D eigenvalue weighted by molar-refractivity contribution is -0.120. The van der Waals surface area contributed by atoms with Crippen LogP contribution in [0.2, 0.25) is 0 Å². The Morgan fingerprint density at radius 2 is 1.89 bits per heavy atom. The zero-order chi connectivity index (χ0) is 19.8. The van der Waals surface area contributed by atoms with Gasteiger partial charge in [-0.15, -0.1) is 0 Å². The van der Waals surface area contributed by atoms with Gasteiger partial charge in [-0.3, -0.25) is 4.79 Å². The lowest BCUT2D eigenvalue weighted by atomic mass is 9.95. The fraction of sp³-hybridized carbons (Fsp3) is 0.409. The number of amides is 1. The van der Waals surface area contributed by atoms with Gasteiger partial charge in [-0.05, 0) is 52.2 Å². The van der Waals surface area contributed by atoms with Crippen LogP contribution in [-0.2, 0) is 4.79 Å². The highest BCUT2D eigenvalue weighted by Gasteiger charge is 2.28. The maximum atomic E-state index is 12.7. The van der Waals surface area contributed by atoms with Crippen molar-refractivity contribution >= 4 is 28.5 Å². The lowest BCUT2D eigenvalue weighted by Crippen LogP contribution is -2.38. The number of furan rings is 1. The van der Waals surface area contributed by atoms with E-state index in [1.54, 1.807) is 6.33 Å². The molecule has 1 amide bonds. The van der Waals surface area contributed by atoms with Crippen molar-refractivity contribution in [1.82, 2.24) is 9.97 Å². The third kappa shape index (κ3) is 3.35. The fourth-order valence-electron chi connectivity index (χ4n) is 3.95. The molecule has 6 heteroatoms. The molecular formula is C22H26N4O2. The summed E-state index contributed by atoms with van der Waals surface area (Å²) in [4.78, 5) is 23.8. The van der Waals surface area contributed by atoms with Crippen molar-refractivity contribution in [1.29, 1.82) is 0 Å². The molecule has 0 aliphatic carbocycles. The minimum atomic E-state index is 0.0152. The first-order valence-electron chi connectivity index (χ1n) is 9.78. The number of hydrogen-bond acceptors (Lipinski definition) is 5. The van der Waals surface area contributed by atoms with Crippen LogP contribution in [0.4, 0.5) is 11.5 Å².